The first kappa shape index (κ1) is 14.4. The van der Waals surface area contributed by atoms with Crippen LogP contribution in [-0.2, 0) is 6.42 Å². The molecule has 0 spiro atoms. The molecule has 19 heavy (non-hydrogen) atoms. The highest BCUT2D eigenvalue weighted by atomic mass is 16.3. The van der Waals surface area contributed by atoms with E-state index < -0.39 is 0 Å². The molecule has 0 aliphatic carbocycles. The van der Waals surface area contributed by atoms with Gasteiger partial charge >= 0.3 is 0 Å². The number of likely N-dealkylation sites (N-methyl/N-ethyl adjacent to an activating group) is 1. The third-order valence-electron chi connectivity index (χ3n) is 4.14. The molecule has 1 heterocycles. The van der Waals surface area contributed by atoms with Crippen LogP contribution in [0.3, 0.4) is 0 Å². The smallest absolute Gasteiger partial charge is 0.0627 e. The summed E-state index contributed by atoms with van der Waals surface area (Å²) in [6.07, 6.45) is 2.34. The molecule has 2 N–H and O–H groups in total. The average Bonchev–Trinajstić information content (AvgIpc) is 2.42. The molecule has 3 heteroatoms. The van der Waals surface area contributed by atoms with Gasteiger partial charge in [0, 0.05) is 18.3 Å². The van der Waals surface area contributed by atoms with Gasteiger partial charge in [-0.15, -0.1) is 0 Å². The summed E-state index contributed by atoms with van der Waals surface area (Å²) in [5, 5.41) is 13.1. The number of aliphatic hydroxyl groups is 1. The second-order valence-electron chi connectivity index (χ2n) is 5.89. The number of rotatable bonds is 5. The first-order valence-corrected chi connectivity index (χ1v) is 7.30. The van der Waals surface area contributed by atoms with Gasteiger partial charge in [0.25, 0.3) is 0 Å². The SMILES string of the molecule is CCNC(C)(CO)CN1c2ccccc2CCC1C. The highest BCUT2D eigenvalue weighted by Gasteiger charge is 2.30. The minimum atomic E-state index is -0.243. The summed E-state index contributed by atoms with van der Waals surface area (Å²) >= 11 is 0. The van der Waals surface area contributed by atoms with E-state index in [2.05, 4.69) is 55.3 Å². The van der Waals surface area contributed by atoms with Crippen molar-refractivity contribution in [3.63, 3.8) is 0 Å². The van der Waals surface area contributed by atoms with E-state index in [4.69, 9.17) is 0 Å². The number of aliphatic hydroxyl groups excluding tert-OH is 1. The number of hydrogen-bond acceptors (Lipinski definition) is 3. The Labute approximate surface area is 116 Å². The van der Waals surface area contributed by atoms with Crippen molar-refractivity contribution in [2.45, 2.75) is 45.2 Å². The van der Waals surface area contributed by atoms with Gasteiger partial charge in [-0.2, -0.15) is 0 Å². The lowest BCUT2D eigenvalue weighted by molar-refractivity contribution is 0.177. The van der Waals surface area contributed by atoms with Gasteiger partial charge in [-0.1, -0.05) is 25.1 Å². The fourth-order valence-electron chi connectivity index (χ4n) is 2.97. The average molecular weight is 262 g/mol. The second-order valence-corrected chi connectivity index (χ2v) is 5.89. The Balaban J connectivity index is 2.23. The topological polar surface area (TPSA) is 35.5 Å². The standard InChI is InChI=1S/C16H26N2O/c1-4-17-16(3,12-19)11-18-13(2)9-10-14-7-5-6-8-15(14)18/h5-8,13,17,19H,4,9-12H2,1-3H3. The van der Waals surface area contributed by atoms with Crippen molar-refractivity contribution >= 4 is 5.69 Å². The zero-order valence-corrected chi connectivity index (χ0v) is 12.3. The molecule has 2 atom stereocenters. The third-order valence-corrected chi connectivity index (χ3v) is 4.14. The number of nitrogens with one attached hydrogen (secondary N) is 1. The van der Waals surface area contributed by atoms with E-state index in [1.807, 2.05) is 0 Å². The quantitative estimate of drug-likeness (QED) is 0.854. The van der Waals surface area contributed by atoms with Crippen LogP contribution in [0.4, 0.5) is 5.69 Å². The maximum absolute atomic E-state index is 9.69. The molecule has 2 rings (SSSR count). The lowest BCUT2D eigenvalue weighted by Gasteiger charge is -2.43. The Bertz CT molecular complexity index is 421. The number of hydrogen-bond donors (Lipinski definition) is 2. The predicted octanol–water partition coefficient (Wildman–Crippen LogP) is 2.19. The molecule has 0 radical (unpaired) electrons. The van der Waals surface area contributed by atoms with Gasteiger partial charge in [-0.05, 0) is 44.9 Å². The van der Waals surface area contributed by atoms with Gasteiger partial charge in [0.15, 0.2) is 0 Å². The van der Waals surface area contributed by atoms with Gasteiger partial charge in [0.05, 0.1) is 12.1 Å². The van der Waals surface area contributed by atoms with Crippen LogP contribution in [0.15, 0.2) is 24.3 Å². The Morgan fingerprint density at radius 2 is 2.16 bits per heavy atom. The molecule has 0 fully saturated rings. The molecule has 106 valence electrons. The summed E-state index contributed by atoms with van der Waals surface area (Å²) in [5.74, 6) is 0. The van der Waals surface area contributed by atoms with Crippen LogP contribution < -0.4 is 10.2 Å². The van der Waals surface area contributed by atoms with Crippen molar-refractivity contribution < 1.29 is 5.11 Å². The van der Waals surface area contributed by atoms with E-state index in [0.717, 1.165) is 19.5 Å². The Morgan fingerprint density at radius 3 is 2.84 bits per heavy atom. The van der Waals surface area contributed by atoms with Crippen LogP contribution in [0.25, 0.3) is 0 Å². The normalized spacial score (nSPS) is 21.9. The monoisotopic (exact) mass is 262 g/mol. The summed E-state index contributed by atoms with van der Waals surface area (Å²) in [5.41, 5.74) is 2.52. The minimum absolute atomic E-state index is 0.159. The number of para-hydroxylation sites is 1. The maximum Gasteiger partial charge on any atom is 0.0627 e. The molecular formula is C16H26N2O. The van der Waals surface area contributed by atoms with Gasteiger partial charge in [0.2, 0.25) is 0 Å². The largest absolute Gasteiger partial charge is 0.394 e. The highest BCUT2D eigenvalue weighted by Crippen LogP contribution is 2.31. The fraction of sp³-hybridized carbons (Fsp3) is 0.625. The van der Waals surface area contributed by atoms with Crippen molar-refractivity contribution in [2.24, 2.45) is 0 Å². The second kappa shape index (κ2) is 5.93. The van der Waals surface area contributed by atoms with E-state index in [1.54, 1.807) is 0 Å². The predicted molar refractivity (Wildman–Crippen MR) is 80.7 cm³/mol. The fourth-order valence-corrected chi connectivity index (χ4v) is 2.97. The molecular weight excluding hydrogens is 236 g/mol. The van der Waals surface area contributed by atoms with Crippen LogP contribution in [0.2, 0.25) is 0 Å². The van der Waals surface area contributed by atoms with Crippen molar-refractivity contribution in [3.8, 4) is 0 Å². The number of nitrogens with zero attached hydrogens (tertiary/aromatic N) is 1. The van der Waals surface area contributed by atoms with Crippen molar-refractivity contribution in [1.29, 1.82) is 0 Å². The molecule has 1 aromatic carbocycles. The highest BCUT2D eigenvalue weighted by molar-refractivity contribution is 5.56. The van der Waals surface area contributed by atoms with Crippen molar-refractivity contribution in [3.05, 3.63) is 29.8 Å². The van der Waals surface area contributed by atoms with Gasteiger partial charge in [-0.3, -0.25) is 0 Å². The van der Waals surface area contributed by atoms with E-state index in [1.165, 1.54) is 17.7 Å². The molecule has 0 bridgehead atoms. The lowest BCUT2D eigenvalue weighted by atomic mass is 9.93. The number of fused-ring (bicyclic) bond motifs is 1. The summed E-state index contributed by atoms with van der Waals surface area (Å²) in [6, 6.07) is 9.17. The van der Waals surface area contributed by atoms with Crippen molar-refractivity contribution in [1.82, 2.24) is 5.32 Å². The van der Waals surface area contributed by atoms with Gasteiger partial charge in [0.1, 0.15) is 0 Å². The van der Waals surface area contributed by atoms with Crippen molar-refractivity contribution in [2.75, 3.05) is 24.6 Å². The Morgan fingerprint density at radius 1 is 1.42 bits per heavy atom. The van der Waals surface area contributed by atoms with E-state index in [0.29, 0.717) is 6.04 Å². The first-order chi connectivity index (χ1) is 9.09. The lowest BCUT2D eigenvalue weighted by Crippen LogP contribution is -2.56. The Hall–Kier alpha value is -1.06. The van der Waals surface area contributed by atoms with Gasteiger partial charge in [-0.25, -0.2) is 0 Å². The number of anilines is 1. The first-order valence-electron chi connectivity index (χ1n) is 7.30. The van der Waals surface area contributed by atoms with Crippen LogP contribution in [0, 0.1) is 0 Å². The van der Waals surface area contributed by atoms with E-state index in [9.17, 15) is 5.11 Å². The van der Waals surface area contributed by atoms with Gasteiger partial charge < -0.3 is 15.3 Å². The summed E-state index contributed by atoms with van der Waals surface area (Å²) < 4.78 is 0. The zero-order chi connectivity index (χ0) is 13.9. The third kappa shape index (κ3) is 3.10. The number of benzene rings is 1. The maximum atomic E-state index is 9.69. The molecule has 0 saturated carbocycles. The number of aryl methyl sites for hydroxylation is 1. The van der Waals surface area contributed by atoms with Crippen LogP contribution in [-0.4, -0.2) is 36.4 Å². The Kier molecular flexibility index (Phi) is 4.48. The molecule has 0 amide bonds. The molecule has 1 aliphatic rings. The molecule has 0 saturated heterocycles. The summed E-state index contributed by atoms with van der Waals surface area (Å²) in [7, 11) is 0. The summed E-state index contributed by atoms with van der Waals surface area (Å²) in [4.78, 5) is 2.44. The van der Waals surface area contributed by atoms with Crippen LogP contribution in [0.1, 0.15) is 32.8 Å². The molecule has 1 aromatic rings. The molecule has 0 aromatic heterocycles. The molecule has 2 unspecified atom stereocenters. The molecule has 3 nitrogen and oxygen atoms in total. The summed E-state index contributed by atoms with van der Waals surface area (Å²) in [6.45, 7) is 8.34. The molecule has 1 aliphatic heterocycles. The van der Waals surface area contributed by atoms with E-state index in [-0.39, 0.29) is 12.1 Å². The zero-order valence-electron chi connectivity index (χ0n) is 12.3. The van der Waals surface area contributed by atoms with E-state index >= 15 is 0 Å². The van der Waals surface area contributed by atoms with Crippen LogP contribution in [0.5, 0.6) is 0 Å². The minimum Gasteiger partial charge on any atom is -0.394 e. The van der Waals surface area contributed by atoms with Crippen LogP contribution >= 0.6 is 0 Å².